The van der Waals surface area contributed by atoms with Gasteiger partial charge >= 0.3 is 0 Å². The smallest absolute Gasteiger partial charge is 0.166 e. The highest BCUT2D eigenvalue weighted by atomic mass is 16.5. The van der Waals surface area contributed by atoms with E-state index in [1.54, 1.807) is 12.0 Å². The molecule has 150 valence electrons. The minimum atomic E-state index is -0.410. The molecular weight excluding hydrogens is 342 g/mol. The summed E-state index contributed by atoms with van der Waals surface area (Å²) in [6.45, 7) is 4.38. The van der Waals surface area contributed by atoms with E-state index in [4.69, 9.17) is 9.47 Å². The van der Waals surface area contributed by atoms with E-state index in [0.717, 1.165) is 37.4 Å². The van der Waals surface area contributed by atoms with Crippen molar-refractivity contribution >= 4 is 0 Å². The van der Waals surface area contributed by atoms with E-state index in [9.17, 15) is 5.11 Å². The lowest BCUT2D eigenvalue weighted by atomic mass is 9.69. The number of hydrogen-bond donors (Lipinski definition) is 2. The third-order valence-electron chi connectivity index (χ3n) is 6.48. The molecule has 1 aromatic rings. The SMILES string of the molecule is CCCCCc1cc2c3c(c1OC)O[C@H]1C[C@@H](O)C=C[C@@]31CC[NH+](C)C2.[OH-]. The normalized spacial score (nSPS) is 30.6. The lowest BCUT2D eigenvalue weighted by molar-refractivity contribution is -0.893. The fraction of sp³-hybridized carbons (Fsp3) is 0.636. The van der Waals surface area contributed by atoms with Gasteiger partial charge in [-0.2, -0.15) is 0 Å². The van der Waals surface area contributed by atoms with Crippen molar-refractivity contribution in [3.8, 4) is 11.5 Å². The summed E-state index contributed by atoms with van der Waals surface area (Å²) in [5.74, 6) is 1.88. The Balaban J connectivity index is 0.00000210. The van der Waals surface area contributed by atoms with Crippen LogP contribution in [0.15, 0.2) is 18.2 Å². The molecule has 3 N–H and O–H groups in total. The summed E-state index contributed by atoms with van der Waals surface area (Å²) in [6, 6.07) is 2.38. The van der Waals surface area contributed by atoms with Crippen LogP contribution in [-0.2, 0) is 18.4 Å². The van der Waals surface area contributed by atoms with Crippen LogP contribution in [0, 0.1) is 0 Å². The second-order valence-corrected chi connectivity index (χ2v) is 8.33. The largest absolute Gasteiger partial charge is 0.870 e. The third kappa shape index (κ3) is 3.26. The Morgan fingerprint density at radius 1 is 1.37 bits per heavy atom. The molecule has 4 rings (SSSR count). The van der Waals surface area contributed by atoms with Crippen molar-refractivity contribution in [3.63, 3.8) is 0 Å². The molecule has 1 aromatic carbocycles. The number of aryl methyl sites for hydroxylation is 1. The summed E-state index contributed by atoms with van der Waals surface area (Å²) in [6.07, 6.45) is 10.2. The van der Waals surface area contributed by atoms with Gasteiger partial charge < -0.3 is 25.0 Å². The van der Waals surface area contributed by atoms with Crippen LogP contribution in [0.25, 0.3) is 0 Å². The Labute approximate surface area is 162 Å². The van der Waals surface area contributed by atoms with E-state index in [-0.39, 0.29) is 17.0 Å². The van der Waals surface area contributed by atoms with Crippen molar-refractivity contribution in [1.82, 2.24) is 0 Å². The van der Waals surface area contributed by atoms with E-state index < -0.39 is 6.10 Å². The summed E-state index contributed by atoms with van der Waals surface area (Å²) in [5, 5.41) is 10.2. The summed E-state index contributed by atoms with van der Waals surface area (Å²) in [7, 11) is 4.04. The molecule has 0 radical (unpaired) electrons. The summed E-state index contributed by atoms with van der Waals surface area (Å²) < 4.78 is 12.4. The highest BCUT2D eigenvalue weighted by molar-refractivity contribution is 5.63. The van der Waals surface area contributed by atoms with Gasteiger partial charge in [-0.15, -0.1) is 0 Å². The fourth-order valence-corrected chi connectivity index (χ4v) is 5.13. The molecular formula is C22H33NO4. The molecule has 0 fully saturated rings. The molecule has 27 heavy (non-hydrogen) atoms. The third-order valence-corrected chi connectivity index (χ3v) is 6.48. The molecule has 1 spiro atoms. The molecule has 0 saturated carbocycles. The van der Waals surface area contributed by atoms with Gasteiger partial charge in [0.1, 0.15) is 12.6 Å². The van der Waals surface area contributed by atoms with Gasteiger partial charge in [0.25, 0.3) is 0 Å². The van der Waals surface area contributed by atoms with Gasteiger partial charge in [0.2, 0.25) is 0 Å². The standard InChI is InChI=1S/C22H31NO3.H2O/c1-4-5-6-7-15-12-16-14-23(2)11-10-22-9-8-17(24)13-18(22)26-21(19(16)22)20(15)25-3;/h8-9,12,17-18,24H,4-7,10-11,13-14H2,1-3H3;1H2/t17-,18-,22-;/m0./s1. The zero-order chi connectivity index (χ0) is 18.3. The molecule has 2 heterocycles. The molecule has 3 aliphatic rings. The predicted octanol–water partition coefficient (Wildman–Crippen LogP) is 1.99. The van der Waals surface area contributed by atoms with Crippen LogP contribution in [0.1, 0.15) is 55.7 Å². The Morgan fingerprint density at radius 2 is 2.19 bits per heavy atom. The van der Waals surface area contributed by atoms with Crippen molar-refractivity contribution in [2.75, 3.05) is 20.7 Å². The maximum absolute atomic E-state index is 10.2. The van der Waals surface area contributed by atoms with Crippen LogP contribution in [0.3, 0.4) is 0 Å². The quantitative estimate of drug-likeness (QED) is 0.610. The average Bonchev–Trinajstić information content (AvgIpc) is 2.87. The lowest BCUT2D eigenvalue weighted by Crippen LogP contribution is -3.07. The molecule has 1 unspecified atom stereocenters. The number of aliphatic hydroxyl groups excluding tert-OH is 1. The Morgan fingerprint density at radius 3 is 2.93 bits per heavy atom. The number of quaternary nitrogens is 1. The van der Waals surface area contributed by atoms with Gasteiger partial charge in [-0.25, -0.2) is 0 Å². The van der Waals surface area contributed by atoms with Crippen LogP contribution in [0.2, 0.25) is 0 Å². The molecule has 0 bridgehead atoms. The van der Waals surface area contributed by atoms with Crippen molar-refractivity contribution in [2.45, 2.75) is 69.6 Å². The van der Waals surface area contributed by atoms with Crippen LogP contribution in [0.5, 0.6) is 11.5 Å². The molecule has 4 atom stereocenters. The maximum Gasteiger partial charge on any atom is 0.166 e. The first-order valence-electron chi connectivity index (χ1n) is 10.2. The van der Waals surface area contributed by atoms with Gasteiger partial charge in [0.05, 0.1) is 32.2 Å². The van der Waals surface area contributed by atoms with E-state index in [1.165, 1.54) is 36.0 Å². The average molecular weight is 376 g/mol. The topological polar surface area (TPSA) is 73.1 Å². The molecule has 5 heteroatoms. The second kappa shape index (κ2) is 7.82. The van der Waals surface area contributed by atoms with Crippen molar-refractivity contribution in [3.05, 3.63) is 34.9 Å². The van der Waals surface area contributed by atoms with E-state index >= 15 is 0 Å². The second-order valence-electron chi connectivity index (χ2n) is 8.33. The molecule has 5 nitrogen and oxygen atoms in total. The molecule has 1 aliphatic carbocycles. The Hall–Kier alpha value is -1.56. The van der Waals surface area contributed by atoms with Gasteiger partial charge in [0.15, 0.2) is 11.5 Å². The highest BCUT2D eigenvalue weighted by Crippen LogP contribution is 2.56. The summed E-state index contributed by atoms with van der Waals surface area (Å²) in [4.78, 5) is 1.54. The van der Waals surface area contributed by atoms with E-state index in [0.29, 0.717) is 6.42 Å². The van der Waals surface area contributed by atoms with Gasteiger partial charge in [0, 0.05) is 24.0 Å². The number of unbranched alkanes of at least 4 members (excludes halogenated alkanes) is 2. The minimum Gasteiger partial charge on any atom is -0.870 e. The Kier molecular flexibility index (Phi) is 5.84. The van der Waals surface area contributed by atoms with Crippen LogP contribution in [-0.4, -0.2) is 43.5 Å². The number of methoxy groups -OCH3 is 1. The molecule has 0 aromatic heterocycles. The number of rotatable bonds is 5. The highest BCUT2D eigenvalue weighted by Gasteiger charge is 2.53. The lowest BCUT2D eigenvalue weighted by Gasteiger charge is -2.35. The number of aliphatic hydroxyl groups is 1. The van der Waals surface area contributed by atoms with E-state index in [2.05, 4.69) is 26.1 Å². The molecule has 0 saturated heterocycles. The zero-order valence-corrected chi connectivity index (χ0v) is 16.8. The Bertz CT molecular complexity index is 717. The van der Waals surface area contributed by atoms with Gasteiger partial charge in [-0.3, -0.25) is 0 Å². The van der Waals surface area contributed by atoms with Crippen molar-refractivity contribution < 1.29 is 25.0 Å². The number of hydrogen-bond acceptors (Lipinski definition) is 4. The minimum absolute atomic E-state index is 0. The number of ether oxygens (including phenoxy) is 2. The zero-order valence-electron chi connectivity index (χ0n) is 16.8. The van der Waals surface area contributed by atoms with Crippen LogP contribution >= 0.6 is 0 Å². The van der Waals surface area contributed by atoms with Crippen LogP contribution < -0.4 is 14.4 Å². The van der Waals surface area contributed by atoms with Gasteiger partial charge in [-0.1, -0.05) is 31.9 Å². The summed E-state index contributed by atoms with van der Waals surface area (Å²) in [5.41, 5.74) is 3.92. The van der Waals surface area contributed by atoms with Crippen molar-refractivity contribution in [1.29, 1.82) is 0 Å². The number of nitrogens with one attached hydrogen (secondary N) is 1. The summed E-state index contributed by atoms with van der Waals surface area (Å²) >= 11 is 0. The molecule has 2 aliphatic heterocycles. The van der Waals surface area contributed by atoms with E-state index in [1.807, 2.05) is 6.08 Å². The number of benzene rings is 1. The monoisotopic (exact) mass is 375 g/mol. The van der Waals surface area contributed by atoms with Crippen molar-refractivity contribution in [2.24, 2.45) is 0 Å². The first-order valence-corrected chi connectivity index (χ1v) is 10.2. The van der Waals surface area contributed by atoms with Gasteiger partial charge in [-0.05, 0) is 24.5 Å². The maximum atomic E-state index is 10.2. The fourth-order valence-electron chi connectivity index (χ4n) is 5.13. The first-order chi connectivity index (χ1) is 12.6. The van der Waals surface area contributed by atoms with Crippen LogP contribution in [0.4, 0.5) is 0 Å². The first kappa shape index (κ1) is 20.2. The predicted molar refractivity (Wildman–Crippen MR) is 104 cm³/mol. The molecule has 0 amide bonds.